The topological polar surface area (TPSA) is 29.1 Å². The number of fused-ring (bicyclic) bond motifs is 1. The lowest BCUT2D eigenvalue weighted by atomic mass is 10.1. The van der Waals surface area contributed by atoms with Crippen molar-refractivity contribution in [1.82, 2.24) is 5.32 Å². The molecule has 1 aliphatic rings. The molecule has 1 aromatic rings. The van der Waals surface area contributed by atoms with E-state index >= 15 is 0 Å². The lowest BCUT2D eigenvalue weighted by Crippen LogP contribution is -2.15. The average Bonchev–Trinajstić information content (AvgIpc) is 2.38. The molecule has 1 aliphatic heterocycles. The second kappa shape index (κ2) is 6.95. The lowest BCUT2D eigenvalue weighted by Gasteiger charge is -2.16. The van der Waals surface area contributed by atoms with Gasteiger partial charge in [-0.15, -0.1) is 11.8 Å². The van der Waals surface area contributed by atoms with Gasteiger partial charge in [-0.3, -0.25) is 0 Å². The summed E-state index contributed by atoms with van der Waals surface area (Å²) in [5, 5.41) is 3.40. The first-order valence-electron chi connectivity index (χ1n) is 6.70. The Balaban J connectivity index is 1.77. The summed E-state index contributed by atoms with van der Waals surface area (Å²) >= 11 is 1.97. The quantitative estimate of drug-likeness (QED) is 0.799. The third-order valence-electron chi connectivity index (χ3n) is 3.18. The van der Waals surface area contributed by atoms with Crippen LogP contribution in [0.5, 0.6) is 0 Å². The van der Waals surface area contributed by atoms with Crippen molar-refractivity contribution in [3.8, 4) is 0 Å². The van der Waals surface area contributed by atoms with Crippen molar-refractivity contribution < 1.29 is 4.79 Å². The number of thioether (sulfide) groups is 1. The number of hydrogen-bond acceptors (Lipinski definition) is 3. The largest absolute Gasteiger partial charge is 0.313 e. The van der Waals surface area contributed by atoms with E-state index in [4.69, 9.17) is 0 Å². The standard InChI is InChI=1S/C15H21NOS/c1-12(17)4-2-8-16-11-13-6-7-15-14(10-13)5-3-9-18-15/h6-7,10,16H,2-5,8-9,11H2,1H3. The summed E-state index contributed by atoms with van der Waals surface area (Å²) in [6, 6.07) is 6.81. The van der Waals surface area contributed by atoms with E-state index in [2.05, 4.69) is 23.5 Å². The monoisotopic (exact) mass is 263 g/mol. The maximum absolute atomic E-state index is 10.8. The van der Waals surface area contributed by atoms with Gasteiger partial charge >= 0.3 is 0 Å². The molecule has 2 nitrogen and oxygen atoms in total. The van der Waals surface area contributed by atoms with Gasteiger partial charge in [-0.05, 0) is 55.7 Å². The summed E-state index contributed by atoms with van der Waals surface area (Å²) in [6.07, 6.45) is 4.15. The predicted molar refractivity (Wildman–Crippen MR) is 77.1 cm³/mol. The van der Waals surface area contributed by atoms with Gasteiger partial charge in [-0.2, -0.15) is 0 Å². The molecule has 1 heterocycles. The molecule has 0 aromatic heterocycles. The molecule has 0 spiro atoms. The number of benzene rings is 1. The fraction of sp³-hybridized carbons (Fsp3) is 0.533. The van der Waals surface area contributed by atoms with Gasteiger partial charge in [0.25, 0.3) is 0 Å². The Kier molecular flexibility index (Phi) is 5.26. The van der Waals surface area contributed by atoms with Crippen LogP contribution in [0.1, 0.15) is 37.3 Å². The van der Waals surface area contributed by atoms with Gasteiger partial charge in [-0.25, -0.2) is 0 Å². The van der Waals surface area contributed by atoms with Crippen LogP contribution in [0.15, 0.2) is 23.1 Å². The molecule has 3 heteroatoms. The van der Waals surface area contributed by atoms with Crippen molar-refractivity contribution in [3.05, 3.63) is 29.3 Å². The zero-order valence-corrected chi connectivity index (χ0v) is 11.8. The van der Waals surface area contributed by atoms with E-state index in [1.54, 1.807) is 6.92 Å². The Morgan fingerprint density at radius 2 is 2.33 bits per heavy atom. The third-order valence-corrected chi connectivity index (χ3v) is 4.39. The highest BCUT2D eigenvalue weighted by molar-refractivity contribution is 7.99. The maximum Gasteiger partial charge on any atom is 0.129 e. The minimum Gasteiger partial charge on any atom is -0.313 e. The van der Waals surface area contributed by atoms with Crippen LogP contribution in [0.4, 0.5) is 0 Å². The molecule has 0 radical (unpaired) electrons. The molecule has 0 unspecified atom stereocenters. The van der Waals surface area contributed by atoms with E-state index in [-0.39, 0.29) is 5.78 Å². The third kappa shape index (κ3) is 4.14. The molecular formula is C15H21NOS. The molecule has 1 aromatic carbocycles. The van der Waals surface area contributed by atoms with Crippen molar-refractivity contribution in [3.63, 3.8) is 0 Å². The number of Topliss-reactive ketones (excluding diaryl/α,β-unsaturated/α-hetero) is 1. The number of carbonyl (C=O) groups excluding carboxylic acids is 1. The zero-order chi connectivity index (χ0) is 12.8. The minimum absolute atomic E-state index is 0.280. The number of ketones is 1. The molecule has 0 aliphatic carbocycles. The molecule has 2 rings (SSSR count). The molecule has 0 bridgehead atoms. The van der Waals surface area contributed by atoms with Crippen LogP contribution in [-0.2, 0) is 17.8 Å². The van der Waals surface area contributed by atoms with E-state index < -0.39 is 0 Å². The van der Waals surface area contributed by atoms with Gasteiger partial charge in [0.15, 0.2) is 0 Å². The van der Waals surface area contributed by atoms with Crippen molar-refractivity contribution in [2.75, 3.05) is 12.3 Å². The highest BCUT2D eigenvalue weighted by atomic mass is 32.2. The Hall–Kier alpha value is -0.800. The maximum atomic E-state index is 10.8. The molecule has 0 fully saturated rings. The van der Waals surface area contributed by atoms with Crippen molar-refractivity contribution in [2.45, 2.75) is 44.0 Å². The summed E-state index contributed by atoms with van der Waals surface area (Å²) in [7, 11) is 0. The van der Waals surface area contributed by atoms with Crippen LogP contribution in [0.2, 0.25) is 0 Å². The molecule has 0 amide bonds. The van der Waals surface area contributed by atoms with Gasteiger partial charge in [0.1, 0.15) is 5.78 Å². The van der Waals surface area contributed by atoms with Crippen LogP contribution in [0.25, 0.3) is 0 Å². The molecule has 0 saturated carbocycles. The molecule has 98 valence electrons. The number of aryl methyl sites for hydroxylation is 1. The van der Waals surface area contributed by atoms with Crippen molar-refractivity contribution in [2.24, 2.45) is 0 Å². The average molecular weight is 263 g/mol. The summed E-state index contributed by atoms with van der Waals surface area (Å²) in [6.45, 7) is 3.49. The molecule has 18 heavy (non-hydrogen) atoms. The fourth-order valence-electron chi connectivity index (χ4n) is 2.22. The number of nitrogens with one attached hydrogen (secondary N) is 1. The second-order valence-electron chi connectivity index (χ2n) is 4.88. The van der Waals surface area contributed by atoms with E-state index in [1.165, 1.54) is 34.6 Å². The van der Waals surface area contributed by atoms with Gasteiger partial charge < -0.3 is 10.1 Å². The predicted octanol–water partition coefficient (Wildman–Crippen LogP) is 3.18. The first-order valence-corrected chi connectivity index (χ1v) is 7.69. The van der Waals surface area contributed by atoms with Crippen molar-refractivity contribution in [1.29, 1.82) is 0 Å². The number of carbonyl (C=O) groups is 1. The zero-order valence-electron chi connectivity index (χ0n) is 11.0. The minimum atomic E-state index is 0.280. The Bertz CT molecular complexity index is 417. The van der Waals surface area contributed by atoms with Gasteiger partial charge in [-0.1, -0.05) is 12.1 Å². The second-order valence-corrected chi connectivity index (χ2v) is 6.01. The number of hydrogen-bond donors (Lipinski definition) is 1. The first kappa shape index (κ1) is 13.6. The summed E-state index contributed by atoms with van der Waals surface area (Å²) < 4.78 is 0. The SMILES string of the molecule is CC(=O)CCCNCc1ccc2c(c1)CCCS2. The smallest absolute Gasteiger partial charge is 0.129 e. The molecule has 0 atom stereocenters. The van der Waals surface area contributed by atoms with E-state index in [0.717, 1.165) is 19.5 Å². The Morgan fingerprint density at radius 1 is 1.44 bits per heavy atom. The first-order chi connectivity index (χ1) is 8.75. The van der Waals surface area contributed by atoms with Crippen LogP contribution < -0.4 is 5.32 Å². The van der Waals surface area contributed by atoms with E-state index in [0.29, 0.717) is 6.42 Å². The molecular weight excluding hydrogens is 242 g/mol. The normalized spacial score (nSPS) is 14.3. The summed E-state index contributed by atoms with van der Waals surface area (Å²) in [4.78, 5) is 12.3. The Morgan fingerprint density at radius 3 is 3.17 bits per heavy atom. The van der Waals surface area contributed by atoms with Crippen LogP contribution in [0, 0.1) is 0 Å². The number of rotatable bonds is 6. The lowest BCUT2D eigenvalue weighted by molar-refractivity contribution is -0.117. The summed E-state index contributed by atoms with van der Waals surface area (Å²) in [5.41, 5.74) is 2.87. The summed E-state index contributed by atoms with van der Waals surface area (Å²) in [5.74, 6) is 1.54. The van der Waals surface area contributed by atoms with E-state index in [1.807, 2.05) is 11.8 Å². The Labute approximate surface area is 114 Å². The highest BCUT2D eigenvalue weighted by Crippen LogP contribution is 2.30. The molecule has 0 saturated heterocycles. The van der Waals surface area contributed by atoms with Crippen molar-refractivity contribution >= 4 is 17.5 Å². The highest BCUT2D eigenvalue weighted by Gasteiger charge is 2.09. The van der Waals surface area contributed by atoms with E-state index in [9.17, 15) is 4.79 Å². The van der Waals surface area contributed by atoms with Gasteiger partial charge in [0.05, 0.1) is 0 Å². The fourth-order valence-corrected chi connectivity index (χ4v) is 3.24. The van der Waals surface area contributed by atoms with Crippen LogP contribution >= 0.6 is 11.8 Å². The van der Waals surface area contributed by atoms with Gasteiger partial charge in [0, 0.05) is 17.9 Å². The van der Waals surface area contributed by atoms with Gasteiger partial charge in [0.2, 0.25) is 0 Å². The van der Waals surface area contributed by atoms with Crippen LogP contribution in [0.3, 0.4) is 0 Å². The molecule has 1 N–H and O–H groups in total. The van der Waals surface area contributed by atoms with Crippen LogP contribution in [-0.4, -0.2) is 18.1 Å².